The van der Waals surface area contributed by atoms with Crippen LogP contribution in [0.2, 0.25) is 0 Å². The highest BCUT2D eigenvalue weighted by Gasteiger charge is 2.19. The zero-order valence-electron chi connectivity index (χ0n) is 15.2. The van der Waals surface area contributed by atoms with Gasteiger partial charge in [0.05, 0.1) is 13.2 Å². The molecule has 1 N–H and O–H groups in total. The second kappa shape index (κ2) is 9.32. The number of rotatable bonds is 6. The number of likely N-dealkylation sites (tertiary alicyclic amines) is 1. The molecule has 25 heavy (non-hydrogen) atoms. The van der Waals surface area contributed by atoms with Crippen LogP contribution in [0.1, 0.15) is 56.4 Å². The summed E-state index contributed by atoms with van der Waals surface area (Å²) in [6.07, 6.45) is 5.16. The molecule has 0 bridgehead atoms. The lowest BCUT2D eigenvalue weighted by molar-refractivity contribution is -0.131. The van der Waals surface area contributed by atoms with Crippen LogP contribution in [0.4, 0.5) is 0 Å². The Bertz CT molecular complexity index is 532. The standard InChI is InChI=1S/C20H30N2O3/c1-16(14-19(23)22-10-4-2-3-5-11-22)21-15-17-6-8-18(9-7-17)20-24-12-13-25-20/h6-9,16,20-21H,2-5,10-15H2,1H3. The van der Waals surface area contributed by atoms with Crippen LogP contribution in [-0.4, -0.2) is 43.2 Å². The van der Waals surface area contributed by atoms with Crippen molar-refractivity contribution < 1.29 is 14.3 Å². The highest BCUT2D eigenvalue weighted by Crippen LogP contribution is 2.23. The fraction of sp³-hybridized carbons (Fsp3) is 0.650. The summed E-state index contributed by atoms with van der Waals surface area (Å²) in [6.45, 7) is 6.04. The Labute approximate surface area is 150 Å². The van der Waals surface area contributed by atoms with Crippen molar-refractivity contribution >= 4 is 5.91 Å². The fourth-order valence-corrected chi connectivity index (χ4v) is 3.42. The van der Waals surface area contributed by atoms with Crippen LogP contribution < -0.4 is 5.32 Å². The van der Waals surface area contributed by atoms with Crippen molar-refractivity contribution in [2.45, 2.75) is 57.9 Å². The van der Waals surface area contributed by atoms with Crippen LogP contribution in [0.15, 0.2) is 24.3 Å². The maximum absolute atomic E-state index is 12.4. The van der Waals surface area contributed by atoms with Crippen molar-refractivity contribution in [2.24, 2.45) is 0 Å². The first-order valence-electron chi connectivity index (χ1n) is 9.55. The van der Waals surface area contributed by atoms with Gasteiger partial charge in [0.1, 0.15) is 0 Å². The minimum absolute atomic E-state index is 0.178. The molecule has 1 unspecified atom stereocenters. The average Bonchev–Trinajstić information content (AvgIpc) is 3.02. The van der Waals surface area contributed by atoms with E-state index in [1.807, 2.05) is 4.90 Å². The van der Waals surface area contributed by atoms with E-state index in [1.54, 1.807) is 0 Å². The molecule has 2 saturated heterocycles. The summed E-state index contributed by atoms with van der Waals surface area (Å²) in [4.78, 5) is 14.5. The summed E-state index contributed by atoms with van der Waals surface area (Å²) >= 11 is 0. The van der Waals surface area contributed by atoms with Gasteiger partial charge < -0.3 is 19.7 Å². The van der Waals surface area contributed by atoms with Crippen molar-refractivity contribution in [3.8, 4) is 0 Å². The van der Waals surface area contributed by atoms with Gasteiger partial charge in [-0.05, 0) is 25.3 Å². The number of benzene rings is 1. The number of hydrogen-bond acceptors (Lipinski definition) is 4. The van der Waals surface area contributed by atoms with Crippen LogP contribution in [0, 0.1) is 0 Å². The van der Waals surface area contributed by atoms with E-state index in [9.17, 15) is 4.79 Å². The van der Waals surface area contributed by atoms with Crippen molar-refractivity contribution in [1.29, 1.82) is 0 Å². The number of nitrogens with one attached hydrogen (secondary N) is 1. The SMILES string of the molecule is CC(CC(=O)N1CCCCCC1)NCc1ccc(C2OCCO2)cc1. The predicted octanol–water partition coefficient (Wildman–Crippen LogP) is 3.00. The van der Waals surface area contributed by atoms with Crippen LogP contribution >= 0.6 is 0 Å². The lowest BCUT2D eigenvalue weighted by atomic mass is 10.1. The van der Waals surface area contributed by atoms with E-state index in [2.05, 4.69) is 36.5 Å². The van der Waals surface area contributed by atoms with Gasteiger partial charge in [-0.15, -0.1) is 0 Å². The summed E-state index contributed by atoms with van der Waals surface area (Å²) in [5.74, 6) is 0.285. The van der Waals surface area contributed by atoms with E-state index in [-0.39, 0.29) is 18.2 Å². The van der Waals surface area contributed by atoms with Gasteiger partial charge in [0.25, 0.3) is 0 Å². The van der Waals surface area contributed by atoms with Crippen LogP contribution in [0.3, 0.4) is 0 Å². The van der Waals surface area contributed by atoms with Crippen LogP contribution in [0.25, 0.3) is 0 Å². The van der Waals surface area contributed by atoms with Gasteiger partial charge in [0.2, 0.25) is 5.91 Å². The topological polar surface area (TPSA) is 50.8 Å². The Balaban J connectivity index is 1.42. The summed E-state index contributed by atoms with van der Waals surface area (Å²) in [6, 6.07) is 8.48. The second-order valence-electron chi connectivity index (χ2n) is 7.10. The van der Waals surface area contributed by atoms with E-state index in [1.165, 1.54) is 18.4 Å². The maximum Gasteiger partial charge on any atom is 0.224 e. The molecule has 2 aliphatic heterocycles. The fourth-order valence-electron chi connectivity index (χ4n) is 3.42. The number of nitrogens with zero attached hydrogens (tertiary/aromatic N) is 1. The summed E-state index contributed by atoms with van der Waals surface area (Å²) in [7, 11) is 0. The number of amides is 1. The summed E-state index contributed by atoms with van der Waals surface area (Å²) in [5, 5.41) is 3.46. The van der Waals surface area contributed by atoms with Gasteiger partial charge in [-0.2, -0.15) is 0 Å². The Morgan fingerprint density at radius 2 is 1.76 bits per heavy atom. The molecule has 0 saturated carbocycles. The molecule has 2 aliphatic rings. The molecule has 1 amide bonds. The highest BCUT2D eigenvalue weighted by atomic mass is 16.7. The first-order valence-corrected chi connectivity index (χ1v) is 9.55. The zero-order chi connectivity index (χ0) is 17.5. The van der Waals surface area contributed by atoms with E-state index in [0.717, 1.165) is 38.0 Å². The van der Waals surface area contributed by atoms with Gasteiger partial charge in [-0.3, -0.25) is 4.79 Å². The molecule has 138 valence electrons. The molecule has 5 heteroatoms. The van der Waals surface area contributed by atoms with Crippen molar-refractivity contribution in [1.82, 2.24) is 10.2 Å². The Kier molecular flexibility index (Phi) is 6.84. The summed E-state index contributed by atoms with van der Waals surface area (Å²) in [5.41, 5.74) is 2.27. The minimum atomic E-state index is -0.216. The van der Waals surface area contributed by atoms with Crippen LogP contribution in [0.5, 0.6) is 0 Å². The van der Waals surface area contributed by atoms with Gasteiger partial charge in [0.15, 0.2) is 6.29 Å². The lowest BCUT2D eigenvalue weighted by Gasteiger charge is -2.23. The van der Waals surface area contributed by atoms with Crippen molar-refractivity contribution in [2.75, 3.05) is 26.3 Å². The van der Waals surface area contributed by atoms with Crippen LogP contribution in [-0.2, 0) is 20.8 Å². The molecule has 2 heterocycles. The third-order valence-electron chi connectivity index (χ3n) is 4.97. The first-order chi connectivity index (χ1) is 12.2. The number of hydrogen-bond donors (Lipinski definition) is 1. The molecule has 5 nitrogen and oxygen atoms in total. The molecule has 0 spiro atoms. The molecular weight excluding hydrogens is 316 g/mol. The number of ether oxygens (including phenoxy) is 2. The second-order valence-corrected chi connectivity index (χ2v) is 7.10. The average molecular weight is 346 g/mol. The Morgan fingerprint density at radius 3 is 2.40 bits per heavy atom. The molecule has 0 aliphatic carbocycles. The largest absolute Gasteiger partial charge is 0.346 e. The Hall–Kier alpha value is -1.43. The van der Waals surface area contributed by atoms with Crippen molar-refractivity contribution in [3.05, 3.63) is 35.4 Å². The predicted molar refractivity (Wildman–Crippen MR) is 97.1 cm³/mol. The number of carbonyl (C=O) groups is 1. The third-order valence-corrected chi connectivity index (χ3v) is 4.97. The van der Waals surface area contributed by atoms with E-state index in [0.29, 0.717) is 19.6 Å². The van der Waals surface area contributed by atoms with E-state index < -0.39 is 0 Å². The van der Waals surface area contributed by atoms with E-state index >= 15 is 0 Å². The molecule has 0 aromatic heterocycles. The summed E-state index contributed by atoms with van der Waals surface area (Å²) < 4.78 is 11.0. The number of carbonyl (C=O) groups excluding carboxylic acids is 1. The van der Waals surface area contributed by atoms with Gasteiger partial charge in [0, 0.05) is 37.7 Å². The smallest absolute Gasteiger partial charge is 0.224 e. The molecular formula is C20H30N2O3. The van der Waals surface area contributed by atoms with E-state index in [4.69, 9.17) is 9.47 Å². The molecule has 1 atom stereocenters. The molecule has 1 aromatic carbocycles. The normalized spacial score (nSPS) is 20.4. The highest BCUT2D eigenvalue weighted by molar-refractivity contribution is 5.76. The molecule has 3 rings (SSSR count). The molecule has 0 radical (unpaired) electrons. The van der Waals surface area contributed by atoms with Gasteiger partial charge in [-0.1, -0.05) is 37.1 Å². The van der Waals surface area contributed by atoms with Gasteiger partial charge >= 0.3 is 0 Å². The maximum atomic E-state index is 12.4. The third kappa shape index (κ3) is 5.53. The molecule has 1 aromatic rings. The lowest BCUT2D eigenvalue weighted by Crippen LogP contribution is -2.37. The quantitative estimate of drug-likeness (QED) is 0.860. The zero-order valence-corrected chi connectivity index (χ0v) is 15.2. The molecule has 2 fully saturated rings. The Morgan fingerprint density at radius 1 is 1.12 bits per heavy atom. The minimum Gasteiger partial charge on any atom is -0.346 e. The van der Waals surface area contributed by atoms with Crippen molar-refractivity contribution in [3.63, 3.8) is 0 Å². The van der Waals surface area contributed by atoms with Gasteiger partial charge in [-0.25, -0.2) is 0 Å². The first kappa shape index (κ1) is 18.4. The monoisotopic (exact) mass is 346 g/mol.